The highest BCUT2D eigenvalue weighted by Crippen LogP contribution is 2.25. The van der Waals surface area contributed by atoms with Gasteiger partial charge in [-0.25, -0.2) is 8.78 Å². The number of nitrogens with zero attached hydrogens (tertiary/aromatic N) is 2. The van der Waals surface area contributed by atoms with E-state index in [0.29, 0.717) is 5.95 Å². The van der Waals surface area contributed by atoms with E-state index in [4.69, 9.17) is 4.74 Å². The van der Waals surface area contributed by atoms with Crippen molar-refractivity contribution in [3.05, 3.63) is 50.2 Å². The Morgan fingerprint density at radius 1 is 1.36 bits per heavy atom. The Hall–Kier alpha value is -2.00. The van der Waals surface area contributed by atoms with Gasteiger partial charge in [0.05, 0.1) is 0 Å². The maximum atomic E-state index is 13.9. The fourth-order valence-electron chi connectivity index (χ4n) is 3.10. The molecule has 2 aromatic rings. The first-order valence-electron chi connectivity index (χ1n) is 9.23. The van der Waals surface area contributed by atoms with Crippen LogP contribution in [0.1, 0.15) is 38.3 Å². The van der Waals surface area contributed by atoms with E-state index in [-0.39, 0.29) is 40.2 Å². The van der Waals surface area contributed by atoms with Crippen molar-refractivity contribution < 1.29 is 13.5 Å². The van der Waals surface area contributed by atoms with E-state index in [2.05, 4.69) is 31.5 Å². The highest BCUT2D eigenvalue weighted by Gasteiger charge is 2.21. The molecule has 0 atom stereocenters. The number of nitrogens with one attached hydrogen (secondary N) is 2. The normalized spacial score (nSPS) is 15.1. The molecule has 1 aliphatic rings. The summed E-state index contributed by atoms with van der Waals surface area (Å²) in [5.74, 6) is -0.875. The van der Waals surface area contributed by atoms with Crippen molar-refractivity contribution in [2.45, 2.75) is 45.4 Å². The molecule has 0 radical (unpaired) electrons. The molecular formula is C19H23BrF2N4O2. The van der Waals surface area contributed by atoms with Gasteiger partial charge in [0.15, 0.2) is 0 Å². The first-order valence-corrected chi connectivity index (χ1v) is 10.0. The van der Waals surface area contributed by atoms with Crippen LogP contribution >= 0.6 is 15.9 Å². The second kappa shape index (κ2) is 9.00. The second-order valence-electron chi connectivity index (χ2n) is 7.02. The van der Waals surface area contributed by atoms with Gasteiger partial charge >= 0.3 is 0 Å². The number of benzene rings is 1. The molecular weight excluding hydrogens is 434 g/mol. The molecule has 0 saturated carbocycles. The average molecular weight is 457 g/mol. The number of rotatable bonds is 6. The summed E-state index contributed by atoms with van der Waals surface area (Å²) in [5, 5.41) is 6.64. The molecule has 2 heterocycles. The fourth-order valence-corrected chi connectivity index (χ4v) is 3.50. The van der Waals surface area contributed by atoms with E-state index in [0.717, 1.165) is 38.1 Å². The summed E-state index contributed by atoms with van der Waals surface area (Å²) in [7, 11) is 0. The molecule has 1 fully saturated rings. The molecule has 0 aliphatic carbocycles. The van der Waals surface area contributed by atoms with Gasteiger partial charge in [-0.2, -0.15) is 4.98 Å². The van der Waals surface area contributed by atoms with Gasteiger partial charge in [0, 0.05) is 23.7 Å². The predicted octanol–water partition coefficient (Wildman–Crippen LogP) is 3.61. The molecule has 0 bridgehead atoms. The molecule has 0 amide bonds. The van der Waals surface area contributed by atoms with Crippen molar-refractivity contribution >= 4 is 21.9 Å². The van der Waals surface area contributed by atoms with Crippen LogP contribution in [0, 0.1) is 11.6 Å². The molecule has 1 aromatic heterocycles. The van der Waals surface area contributed by atoms with Gasteiger partial charge < -0.3 is 15.4 Å². The third-order valence-corrected chi connectivity index (χ3v) is 5.28. The first-order chi connectivity index (χ1) is 13.4. The molecule has 1 saturated heterocycles. The molecule has 3 rings (SSSR count). The zero-order valence-corrected chi connectivity index (χ0v) is 17.4. The summed E-state index contributed by atoms with van der Waals surface area (Å²) in [6.45, 7) is 5.42. The SMILES string of the molecule is CC(C)n1c(NC2CCNCC2)nc(OCc2ccc(F)cc2F)c(Br)c1=O. The summed E-state index contributed by atoms with van der Waals surface area (Å²) < 4.78 is 34.3. The lowest BCUT2D eigenvalue weighted by atomic mass is 10.1. The van der Waals surface area contributed by atoms with Crippen LogP contribution in [-0.4, -0.2) is 28.7 Å². The summed E-state index contributed by atoms with van der Waals surface area (Å²) in [5.41, 5.74) is -0.105. The Morgan fingerprint density at radius 3 is 2.71 bits per heavy atom. The van der Waals surface area contributed by atoms with Gasteiger partial charge in [0.25, 0.3) is 5.56 Å². The summed E-state index contributed by atoms with van der Waals surface area (Å²) in [6.07, 6.45) is 1.84. The summed E-state index contributed by atoms with van der Waals surface area (Å²) in [6, 6.07) is 3.35. The monoisotopic (exact) mass is 456 g/mol. The van der Waals surface area contributed by atoms with Crippen molar-refractivity contribution in [2.75, 3.05) is 18.4 Å². The molecule has 152 valence electrons. The predicted molar refractivity (Wildman–Crippen MR) is 107 cm³/mol. The topological polar surface area (TPSA) is 68.2 Å². The maximum Gasteiger partial charge on any atom is 0.273 e. The second-order valence-corrected chi connectivity index (χ2v) is 7.81. The lowest BCUT2D eigenvalue weighted by Gasteiger charge is -2.26. The Bertz CT molecular complexity index is 898. The fraction of sp³-hybridized carbons (Fsp3) is 0.474. The lowest BCUT2D eigenvalue weighted by Crippen LogP contribution is -2.38. The highest BCUT2D eigenvalue weighted by molar-refractivity contribution is 9.10. The van der Waals surface area contributed by atoms with Crippen LogP contribution < -0.4 is 20.9 Å². The molecule has 1 aromatic carbocycles. The Balaban J connectivity index is 1.88. The van der Waals surface area contributed by atoms with Crippen molar-refractivity contribution in [1.29, 1.82) is 0 Å². The largest absolute Gasteiger partial charge is 0.472 e. The maximum absolute atomic E-state index is 13.9. The van der Waals surface area contributed by atoms with Crippen molar-refractivity contribution in [3.63, 3.8) is 0 Å². The summed E-state index contributed by atoms with van der Waals surface area (Å²) in [4.78, 5) is 17.3. The molecule has 2 N–H and O–H groups in total. The van der Waals surface area contributed by atoms with E-state index in [1.165, 1.54) is 6.07 Å². The quantitative estimate of drug-likeness (QED) is 0.694. The van der Waals surface area contributed by atoms with Crippen LogP contribution in [-0.2, 0) is 6.61 Å². The van der Waals surface area contributed by atoms with Crippen LogP contribution in [0.25, 0.3) is 0 Å². The third kappa shape index (κ3) is 4.70. The zero-order chi connectivity index (χ0) is 20.3. The van der Waals surface area contributed by atoms with Crippen LogP contribution in [0.5, 0.6) is 5.88 Å². The van der Waals surface area contributed by atoms with Crippen LogP contribution in [0.3, 0.4) is 0 Å². The first kappa shape index (κ1) is 20.7. The van der Waals surface area contributed by atoms with E-state index < -0.39 is 11.6 Å². The zero-order valence-electron chi connectivity index (χ0n) is 15.8. The van der Waals surface area contributed by atoms with Gasteiger partial charge in [-0.1, -0.05) is 0 Å². The molecule has 6 nitrogen and oxygen atoms in total. The van der Waals surface area contributed by atoms with Crippen molar-refractivity contribution in [2.24, 2.45) is 0 Å². The van der Waals surface area contributed by atoms with Crippen LogP contribution in [0.4, 0.5) is 14.7 Å². The van der Waals surface area contributed by atoms with Gasteiger partial charge in [-0.3, -0.25) is 9.36 Å². The number of anilines is 1. The van der Waals surface area contributed by atoms with E-state index in [9.17, 15) is 13.6 Å². The van der Waals surface area contributed by atoms with Gasteiger partial charge in [-0.05, 0) is 67.8 Å². The number of ether oxygens (including phenoxy) is 1. The third-order valence-electron chi connectivity index (χ3n) is 4.60. The highest BCUT2D eigenvalue weighted by atomic mass is 79.9. The molecule has 28 heavy (non-hydrogen) atoms. The minimum Gasteiger partial charge on any atom is -0.472 e. The molecule has 0 spiro atoms. The Kier molecular flexibility index (Phi) is 6.66. The minimum absolute atomic E-state index is 0.0714. The van der Waals surface area contributed by atoms with Crippen molar-refractivity contribution in [3.8, 4) is 5.88 Å². The minimum atomic E-state index is -0.709. The number of hydrogen-bond acceptors (Lipinski definition) is 5. The van der Waals surface area contributed by atoms with E-state index >= 15 is 0 Å². The molecule has 1 aliphatic heterocycles. The van der Waals surface area contributed by atoms with Crippen molar-refractivity contribution in [1.82, 2.24) is 14.9 Å². The summed E-state index contributed by atoms with van der Waals surface area (Å²) >= 11 is 3.25. The average Bonchev–Trinajstić information content (AvgIpc) is 2.65. The van der Waals surface area contributed by atoms with E-state index in [1.807, 2.05) is 13.8 Å². The van der Waals surface area contributed by atoms with Gasteiger partial charge in [0.2, 0.25) is 11.8 Å². The number of piperidine rings is 1. The number of hydrogen-bond donors (Lipinski definition) is 2. The Labute approximate surface area is 170 Å². The van der Waals surface area contributed by atoms with Gasteiger partial charge in [-0.15, -0.1) is 0 Å². The van der Waals surface area contributed by atoms with Gasteiger partial charge in [0.1, 0.15) is 22.7 Å². The standard InChI is InChI=1S/C19H23BrF2N4O2/c1-11(2)26-18(27)16(20)17(25-19(26)24-14-5-7-23-8-6-14)28-10-12-3-4-13(21)9-15(12)22/h3-4,9,11,14,23H,5-8,10H2,1-2H3,(H,24,25). The molecule has 0 unspecified atom stereocenters. The smallest absolute Gasteiger partial charge is 0.273 e. The van der Waals surface area contributed by atoms with E-state index in [1.54, 1.807) is 4.57 Å². The number of aromatic nitrogens is 2. The van der Waals surface area contributed by atoms with Crippen LogP contribution in [0.2, 0.25) is 0 Å². The lowest BCUT2D eigenvalue weighted by molar-refractivity contribution is 0.283. The Morgan fingerprint density at radius 2 is 2.07 bits per heavy atom. The number of halogens is 3. The molecule has 9 heteroatoms. The van der Waals surface area contributed by atoms with Crippen LogP contribution in [0.15, 0.2) is 27.5 Å².